The van der Waals surface area contributed by atoms with Crippen molar-refractivity contribution in [1.82, 2.24) is 0 Å². The number of methoxy groups -OCH3 is 1. The zero-order chi connectivity index (χ0) is 11.6. The summed E-state index contributed by atoms with van der Waals surface area (Å²) in [5.74, 6) is -5.55. The Hall–Kier alpha value is -1.72. The number of cyclic esters (lactones) is 2. The highest BCUT2D eigenvalue weighted by Crippen LogP contribution is 2.29. The van der Waals surface area contributed by atoms with Crippen LogP contribution in [-0.2, 0) is 28.7 Å². The minimum Gasteiger partial charge on any atom is -0.469 e. The van der Waals surface area contributed by atoms with Crippen molar-refractivity contribution < 1.29 is 28.7 Å². The smallest absolute Gasteiger partial charge is 0.324 e. The Kier molecular flexibility index (Phi) is 3.18. The van der Waals surface area contributed by atoms with Gasteiger partial charge in [-0.05, 0) is 0 Å². The lowest BCUT2D eigenvalue weighted by atomic mass is 9.85. The van der Waals surface area contributed by atoms with E-state index in [1.165, 1.54) is 6.92 Å². The second-order valence-corrected chi connectivity index (χ2v) is 3.24. The van der Waals surface area contributed by atoms with E-state index in [4.69, 9.17) is 0 Å². The van der Waals surface area contributed by atoms with Gasteiger partial charge in [-0.15, -0.1) is 0 Å². The fraction of sp³-hybridized carbons (Fsp3) is 0.556. The van der Waals surface area contributed by atoms with Gasteiger partial charge in [0, 0.05) is 0 Å². The molecule has 0 N–H and O–H groups in total. The summed E-state index contributed by atoms with van der Waals surface area (Å²) in [6.45, 7) is 1.41. The molecule has 0 bridgehead atoms. The van der Waals surface area contributed by atoms with Gasteiger partial charge < -0.3 is 14.3 Å². The van der Waals surface area contributed by atoms with E-state index in [0.717, 1.165) is 7.11 Å². The molecule has 3 atom stereocenters. The first-order chi connectivity index (χ1) is 7.02. The summed E-state index contributed by atoms with van der Waals surface area (Å²) < 4.78 is 8.70. The van der Waals surface area contributed by atoms with Crippen LogP contribution < -0.4 is 0 Å². The molecule has 1 rings (SSSR count). The number of carbonyl (C=O) groups is 4. The molecule has 6 nitrogen and oxygen atoms in total. The third-order valence-electron chi connectivity index (χ3n) is 2.39. The Morgan fingerprint density at radius 3 is 2.53 bits per heavy atom. The van der Waals surface area contributed by atoms with Gasteiger partial charge in [0.25, 0.3) is 0 Å². The van der Waals surface area contributed by atoms with Gasteiger partial charge in [-0.2, -0.15) is 0 Å². The maximum Gasteiger partial charge on any atom is 0.324 e. The van der Waals surface area contributed by atoms with Crippen LogP contribution in [0.5, 0.6) is 0 Å². The molecule has 0 aromatic heterocycles. The van der Waals surface area contributed by atoms with E-state index in [-0.39, 0.29) is 0 Å². The Labute approximate surface area is 85.5 Å². The van der Waals surface area contributed by atoms with Crippen molar-refractivity contribution >= 4 is 24.2 Å². The molecular formula is C9H10O6. The molecule has 0 radical (unpaired) electrons. The van der Waals surface area contributed by atoms with Crippen LogP contribution in [0.3, 0.4) is 0 Å². The van der Waals surface area contributed by atoms with Crippen molar-refractivity contribution in [2.24, 2.45) is 17.8 Å². The average Bonchev–Trinajstić information content (AvgIpc) is 2.50. The molecule has 3 unspecified atom stereocenters. The number of aldehydes is 1. The summed E-state index contributed by atoms with van der Waals surface area (Å²) in [5.41, 5.74) is 0. The predicted octanol–water partition coefficient (Wildman–Crippen LogP) is -0.690. The van der Waals surface area contributed by atoms with E-state index >= 15 is 0 Å². The Balaban J connectivity index is 2.92. The topological polar surface area (TPSA) is 86.7 Å². The zero-order valence-electron chi connectivity index (χ0n) is 8.26. The number of rotatable bonds is 3. The van der Waals surface area contributed by atoms with Crippen molar-refractivity contribution in [3.63, 3.8) is 0 Å². The van der Waals surface area contributed by atoms with Crippen molar-refractivity contribution in [3.05, 3.63) is 0 Å². The quantitative estimate of drug-likeness (QED) is 0.351. The molecule has 1 fully saturated rings. The average molecular weight is 214 g/mol. The van der Waals surface area contributed by atoms with Crippen LogP contribution in [0.2, 0.25) is 0 Å². The van der Waals surface area contributed by atoms with E-state index in [9.17, 15) is 19.2 Å². The highest BCUT2D eigenvalue weighted by atomic mass is 16.6. The molecular weight excluding hydrogens is 204 g/mol. The van der Waals surface area contributed by atoms with Crippen LogP contribution in [-0.4, -0.2) is 31.3 Å². The molecule has 1 aliphatic heterocycles. The highest BCUT2D eigenvalue weighted by Gasteiger charge is 2.49. The van der Waals surface area contributed by atoms with Crippen LogP contribution in [0.1, 0.15) is 6.92 Å². The standard InChI is InChI=1S/C9H10O6/c1-4(7(11)14-2)6-5(3-10)8(12)15-9(6)13/h3-6H,1-2H3. The van der Waals surface area contributed by atoms with E-state index < -0.39 is 35.7 Å². The molecule has 0 aromatic rings. The minimum atomic E-state index is -1.20. The second kappa shape index (κ2) is 4.20. The summed E-state index contributed by atoms with van der Waals surface area (Å²) >= 11 is 0. The van der Waals surface area contributed by atoms with Crippen molar-refractivity contribution in [1.29, 1.82) is 0 Å². The van der Waals surface area contributed by atoms with Crippen LogP contribution in [0.25, 0.3) is 0 Å². The van der Waals surface area contributed by atoms with Gasteiger partial charge in [0.1, 0.15) is 12.2 Å². The molecule has 15 heavy (non-hydrogen) atoms. The molecule has 0 aromatic carbocycles. The Morgan fingerprint density at radius 1 is 1.47 bits per heavy atom. The van der Waals surface area contributed by atoms with E-state index in [1.54, 1.807) is 0 Å². The zero-order valence-corrected chi connectivity index (χ0v) is 8.26. The van der Waals surface area contributed by atoms with Crippen LogP contribution >= 0.6 is 0 Å². The van der Waals surface area contributed by atoms with Crippen molar-refractivity contribution in [3.8, 4) is 0 Å². The highest BCUT2D eigenvalue weighted by molar-refractivity contribution is 6.05. The second-order valence-electron chi connectivity index (χ2n) is 3.24. The molecule has 82 valence electrons. The number of hydrogen-bond acceptors (Lipinski definition) is 6. The summed E-state index contributed by atoms with van der Waals surface area (Å²) in [5, 5.41) is 0. The summed E-state index contributed by atoms with van der Waals surface area (Å²) in [7, 11) is 1.16. The fourth-order valence-electron chi connectivity index (χ4n) is 1.52. The molecule has 6 heteroatoms. The SMILES string of the molecule is COC(=O)C(C)C1C(=O)OC(=O)C1C=O. The van der Waals surface area contributed by atoms with Gasteiger partial charge in [-0.1, -0.05) is 6.92 Å². The van der Waals surface area contributed by atoms with Gasteiger partial charge in [-0.3, -0.25) is 14.4 Å². The third-order valence-corrected chi connectivity index (χ3v) is 2.39. The normalized spacial score (nSPS) is 27.1. The van der Waals surface area contributed by atoms with E-state index in [0.29, 0.717) is 6.29 Å². The van der Waals surface area contributed by atoms with Crippen LogP contribution in [0.4, 0.5) is 0 Å². The predicted molar refractivity (Wildman–Crippen MR) is 45.3 cm³/mol. The van der Waals surface area contributed by atoms with Gasteiger partial charge in [-0.25, -0.2) is 0 Å². The minimum absolute atomic E-state index is 0.317. The van der Waals surface area contributed by atoms with Crippen LogP contribution in [0.15, 0.2) is 0 Å². The monoisotopic (exact) mass is 214 g/mol. The summed E-state index contributed by atoms with van der Waals surface area (Å²) in [6, 6.07) is 0. The number of hydrogen-bond donors (Lipinski definition) is 0. The molecule has 1 saturated heterocycles. The van der Waals surface area contributed by atoms with Gasteiger partial charge in [0.05, 0.1) is 18.9 Å². The first kappa shape index (κ1) is 11.4. The first-order valence-corrected chi connectivity index (χ1v) is 4.31. The van der Waals surface area contributed by atoms with E-state index in [2.05, 4.69) is 9.47 Å². The summed E-state index contributed by atoms with van der Waals surface area (Å²) in [4.78, 5) is 44.0. The molecule has 0 aliphatic carbocycles. The first-order valence-electron chi connectivity index (χ1n) is 4.31. The van der Waals surface area contributed by atoms with Gasteiger partial charge in [0.15, 0.2) is 0 Å². The molecule has 0 amide bonds. The Morgan fingerprint density at radius 2 is 2.07 bits per heavy atom. The fourth-order valence-corrected chi connectivity index (χ4v) is 1.52. The largest absolute Gasteiger partial charge is 0.469 e. The van der Waals surface area contributed by atoms with Crippen LogP contribution in [0, 0.1) is 17.8 Å². The maximum atomic E-state index is 11.2. The molecule has 1 aliphatic rings. The lowest BCUT2D eigenvalue weighted by molar-refractivity contribution is -0.157. The summed E-state index contributed by atoms with van der Waals surface area (Å²) in [6.07, 6.45) is 0.317. The molecule has 1 heterocycles. The number of carbonyl (C=O) groups excluding carboxylic acids is 4. The van der Waals surface area contributed by atoms with Crippen molar-refractivity contribution in [2.45, 2.75) is 6.92 Å². The lowest BCUT2D eigenvalue weighted by Crippen LogP contribution is -2.31. The lowest BCUT2D eigenvalue weighted by Gasteiger charge is -2.14. The van der Waals surface area contributed by atoms with Gasteiger partial charge in [0.2, 0.25) is 0 Å². The number of esters is 3. The third kappa shape index (κ3) is 1.88. The Bertz CT molecular complexity index is 321. The number of ether oxygens (including phenoxy) is 2. The van der Waals surface area contributed by atoms with E-state index in [1.807, 2.05) is 0 Å². The molecule has 0 saturated carbocycles. The maximum absolute atomic E-state index is 11.2. The molecule has 0 spiro atoms. The van der Waals surface area contributed by atoms with Gasteiger partial charge >= 0.3 is 17.9 Å². The van der Waals surface area contributed by atoms with Crippen molar-refractivity contribution in [2.75, 3.05) is 7.11 Å².